The molecular formula is C18H16N2O2. The van der Waals surface area contributed by atoms with E-state index in [0.717, 1.165) is 34.0 Å². The van der Waals surface area contributed by atoms with Gasteiger partial charge in [0.25, 0.3) is 5.56 Å². The number of hydrogen-bond acceptors (Lipinski definition) is 3. The van der Waals surface area contributed by atoms with Gasteiger partial charge in [-0.05, 0) is 43.2 Å². The number of carbonyl (C=O) groups excluding carboxylic acids is 1. The van der Waals surface area contributed by atoms with E-state index < -0.39 is 0 Å². The van der Waals surface area contributed by atoms with Crippen LogP contribution < -0.4 is 5.56 Å². The van der Waals surface area contributed by atoms with Crippen LogP contribution in [0.4, 0.5) is 0 Å². The Balaban J connectivity index is 2.37. The molecule has 0 bridgehead atoms. The first-order valence-electron chi connectivity index (χ1n) is 7.04. The zero-order valence-corrected chi connectivity index (χ0v) is 12.8. The van der Waals surface area contributed by atoms with E-state index in [-0.39, 0.29) is 5.56 Å². The molecule has 0 saturated carbocycles. The fourth-order valence-electron chi connectivity index (χ4n) is 2.66. The highest BCUT2D eigenvalue weighted by atomic mass is 16.1. The van der Waals surface area contributed by atoms with Crippen molar-refractivity contribution < 1.29 is 4.79 Å². The first-order valence-corrected chi connectivity index (χ1v) is 7.04. The lowest BCUT2D eigenvalue weighted by Crippen LogP contribution is -2.19. The summed E-state index contributed by atoms with van der Waals surface area (Å²) < 4.78 is 1.63. The van der Waals surface area contributed by atoms with Crippen molar-refractivity contribution in [1.29, 1.82) is 0 Å². The summed E-state index contributed by atoms with van der Waals surface area (Å²) in [5.41, 5.74) is 4.53. The van der Waals surface area contributed by atoms with Gasteiger partial charge in [0.2, 0.25) is 0 Å². The zero-order chi connectivity index (χ0) is 15.9. The summed E-state index contributed by atoms with van der Waals surface area (Å²) in [5, 5.41) is 0.901. The predicted octanol–water partition coefficient (Wildman–Crippen LogP) is 3.03. The number of aryl methyl sites for hydroxylation is 3. The van der Waals surface area contributed by atoms with Crippen molar-refractivity contribution in [1.82, 2.24) is 9.55 Å². The van der Waals surface area contributed by atoms with Crippen molar-refractivity contribution >= 4 is 17.2 Å². The number of pyridine rings is 2. The molecule has 0 atom stereocenters. The number of carbonyl (C=O) groups is 1. The number of hydrogen-bond donors (Lipinski definition) is 0. The Labute approximate surface area is 128 Å². The lowest BCUT2D eigenvalue weighted by molar-refractivity contribution is 0.112. The summed E-state index contributed by atoms with van der Waals surface area (Å²) in [6.45, 7) is 3.83. The predicted molar refractivity (Wildman–Crippen MR) is 87.3 cm³/mol. The highest BCUT2D eigenvalue weighted by Crippen LogP contribution is 2.24. The first-order chi connectivity index (χ1) is 10.5. The normalized spacial score (nSPS) is 10.9. The maximum Gasteiger partial charge on any atom is 0.258 e. The van der Waals surface area contributed by atoms with E-state index in [2.05, 4.69) is 4.98 Å². The van der Waals surface area contributed by atoms with Gasteiger partial charge in [0.05, 0.1) is 5.52 Å². The van der Waals surface area contributed by atoms with Gasteiger partial charge in [0.1, 0.15) is 6.29 Å². The van der Waals surface area contributed by atoms with Crippen LogP contribution in [0.2, 0.25) is 0 Å². The van der Waals surface area contributed by atoms with Crippen LogP contribution in [-0.4, -0.2) is 15.8 Å². The molecule has 0 unspecified atom stereocenters. The van der Waals surface area contributed by atoms with Crippen LogP contribution in [-0.2, 0) is 7.05 Å². The minimum Gasteiger partial charge on any atom is -0.311 e. The van der Waals surface area contributed by atoms with Crippen molar-refractivity contribution in [3.8, 4) is 11.1 Å². The lowest BCUT2D eigenvalue weighted by atomic mass is 9.98. The molecule has 0 radical (unpaired) electrons. The highest BCUT2D eigenvalue weighted by Gasteiger charge is 2.12. The molecule has 22 heavy (non-hydrogen) atoms. The second kappa shape index (κ2) is 5.22. The molecule has 110 valence electrons. The van der Waals surface area contributed by atoms with E-state index >= 15 is 0 Å². The van der Waals surface area contributed by atoms with E-state index in [0.29, 0.717) is 11.1 Å². The highest BCUT2D eigenvalue weighted by molar-refractivity contribution is 5.86. The second-order valence-corrected chi connectivity index (χ2v) is 5.50. The van der Waals surface area contributed by atoms with Crippen molar-refractivity contribution in [2.24, 2.45) is 7.05 Å². The summed E-state index contributed by atoms with van der Waals surface area (Å²) >= 11 is 0. The summed E-state index contributed by atoms with van der Waals surface area (Å²) in [6.07, 6.45) is 2.56. The van der Waals surface area contributed by atoms with E-state index in [1.807, 2.05) is 32.0 Å². The smallest absolute Gasteiger partial charge is 0.258 e. The number of nitrogens with zero attached hydrogens (tertiary/aromatic N) is 2. The minimum absolute atomic E-state index is 0.0794. The summed E-state index contributed by atoms with van der Waals surface area (Å²) in [4.78, 5) is 28.0. The molecule has 2 aromatic heterocycles. The van der Waals surface area contributed by atoms with Gasteiger partial charge in [-0.2, -0.15) is 0 Å². The van der Waals surface area contributed by atoms with Crippen LogP contribution in [0.1, 0.15) is 21.6 Å². The Morgan fingerprint density at radius 3 is 2.59 bits per heavy atom. The van der Waals surface area contributed by atoms with Gasteiger partial charge in [-0.1, -0.05) is 12.1 Å². The molecule has 0 aliphatic heterocycles. The quantitative estimate of drug-likeness (QED) is 0.682. The van der Waals surface area contributed by atoms with Gasteiger partial charge < -0.3 is 4.57 Å². The Bertz CT molecular complexity index is 955. The minimum atomic E-state index is -0.0794. The maximum absolute atomic E-state index is 12.7. The zero-order valence-electron chi connectivity index (χ0n) is 12.8. The van der Waals surface area contributed by atoms with Crippen LogP contribution >= 0.6 is 0 Å². The number of aromatic nitrogens is 2. The standard InChI is InChI=1S/C18H16N2O2/c1-11-4-5-13(10-21)7-15(11)16-8-14-9-19-12(2)6-17(14)20(3)18(16)22/h4-10H,1-3H3. The molecule has 4 nitrogen and oxygen atoms in total. The Kier molecular flexibility index (Phi) is 3.37. The SMILES string of the molecule is Cc1cc2c(cn1)cc(-c1cc(C=O)ccc1C)c(=O)n2C. The maximum atomic E-state index is 12.7. The van der Waals surface area contributed by atoms with Crippen LogP contribution in [0.25, 0.3) is 22.0 Å². The molecule has 2 heterocycles. The van der Waals surface area contributed by atoms with Gasteiger partial charge in [-0.15, -0.1) is 0 Å². The molecule has 0 spiro atoms. The molecule has 0 N–H and O–H groups in total. The average Bonchev–Trinajstić information content (AvgIpc) is 2.52. The molecule has 0 amide bonds. The fraction of sp³-hybridized carbons (Fsp3) is 0.167. The molecule has 0 aliphatic carbocycles. The first kappa shape index (κ1) is 14.2. The Morgan fingerprint density at radius 2 is 1.86 bits per heavy atom. The molecular weight excluding hydrogens is 276 g/mol. The molecule has 0 aliphatic rings. The second-order valence-electron chi connectivity index (χ2n) is 5.50. The van der Waals surface area contributed by atoms with Crippen LogP contribution in [0.3, 0.4) is 0 Å². The number of rotatable bonds is 2. The summed E-state index contributed by atoms with van der Waals surface area (Å²) in [5.74, 6) is 0. The number of fused-ring (bicyclic) bond motifs is 1. The fourth-order valence-corrected chi connectivity index (χ4v) is 2.66. The van der Waals surface area contributed by atoms with Crippen molar-refractivity contribution in [2.75, 3.05) is 0 Å². The van der Waals surface area contributed by atoms with E-state index in [1.165, 1.54) is 0 Å². The molecule has 0 saturated heterocycles. The topological polar surface area (TPSA) is 52.0 Å². The van der Waals surface area contributed by atoms with E-state index in [1.54, 1.807) is 29.9 Å². The third-order valence-corrected chi connectivity index (χ3v) is 3.93. The Morgan fingerprint density at radius 1 is 1.09 bits per heavy atom. The van der Waals surface area contributed by atoms with Crippen LogP contribution in [0, 0.1) is 13.8 Å². The molecule has 3 aromatic rings. The van der Waals surface area contributed by atoms with Crippen LogP contribution in [0.15, 0.2) is 41.3 Å². The van der Waals surface area contributed by atoms with Gasteiger partial charge in [0.15, 0.2) is 0 Å². The van der Waals surface area contributed by atoms with Crippen LogP contribution in [0.5, 0.6) is 0 Å². The molecule has 3 rings (SSSR count). The monoisotopic (exact) mass is 292 g/mol. The third-order valence-electron chi connectivity index (χ3n) is 3.93. The van der Waals surface area contributed by atoms with Gasteiger partial charge >= 0.3 is 0 Å². The lowest BCUT2D eigenvalue weighted by Gasteiger charge is -2.11. The van der Waals surface area contributed by atoms with E-state index in [4.69, 9.17) is 0 Å². The summed E-state index contributed by atoms with van der Waals surface area (Å²) in [7, 11) is 1.76. The summed E-state index contributed by atoms with van der Waals surface area (Å²) in [6, 6.07) is 9.11. The third kappa shape index (κ3) is 2.22. The molecule has 1 aromatic carbocycles. The van der Waals surface area contributed by atoms with E-state index in [9.17, 15) is 9.59 Å². The van der Waals surface area contributed by atoms with Crippen molar-refractivity contribution in [3.63, 3.8) is 0 Å². The number of benzene rings is 1. The number of aldehydes is 1. The largest absolute Gasteiger partial charge is 0.311 e. The molecule has 4 heteroatoms. The van der Waals surface area contributed by atoms with Gasteiger partial charge in [-0.3, -0.25) is 14.6 Å². The molecule has 0 fully saturated rings. The average molecular weight is 292 g/mol. The van der Waals surface area contributed by atoms with Crippen molar-refractivity contribution in [2.45, 2.75) is 13.8 Å². The Hall–Kier alpha value is -2.75. The van der Waals surface area contributed by atoms with Crippen molar-refractivity contribution in [3.05, 3.63) is 63.7 Å². The van der Waals surface area contributed by atoms with Gasteiger partial charge in [0, 0.05) is 35.5 Å². The van der Waals surface area contributed by atoms with Gasteiger partial charge in [-0.25, -0.2) is 0 Å².